The summed E-state index contributed by atoms with van der Waals surface area (Å²) in [5.74, 6) is -0.291. The molecule has 4 heteroatoms. The number of hydrogen-bond acceptors (Lipinski definition) is 3. The second-order valence-corrected chi connectivity index (χ2v) is 5.06. The summed E-state index contributed by atoms with van der Waals surface area (Å²) in [5.41, 5.74) is 3.89. The summed E-state index contributed by atoms with van der Waals surface area (Å²) in [6.07, 6.45) is 2.83. The Balaban J connectivity index is 1.97. The quantitative estimate of drug-likeness (QED) is 0.801. The molecular weight excluding hydrogens is 267 g/mol. The minimum absolute atomic E-state index is 0.291. The lowest BCUT2D eigenvalue weighted by molar-refractivity contribution is 0.179. The second-order valence-electron chi connectivity index (χ2n) is 5.06. The van der Waals surface area contributed by atoms with Crippen LogP contribution in [-0.4, -0.2) is 15.1 Å². The molecular formula is C17H15FN2O. The van der Waals surface area contributed by atoms with Gasteiger partial charge in [0.2, 0.25) is 0 Å². The number of fused-ring (bicyclic) bond motifs is 1. The van der Waals surface area contributed by atoms with Crippen molar-refractivity contribution in [1.29, 1.82) is 0 Å². The standard InChI is InChI=1S/C17H15FN2O/c1-11-5-6-13(18)9-12(11)10-16(21)14-3-2-4-15-17(14)20-8-7-19-15/h2-9,16,21H,10H2,1H3. The number of halogens is 1. The fourth-order valence-corrected chi connectivity index (χ4v) is 2.46. The van der Waals surface area contributed by atoms with Crippen molar-refractivity contribution in [3.63, 3.8) is 0 Å². The van der Waals surface area contributed by atoms with Crippen LogP contribution in [0, 0.1) is 12.7 Å². The van der Waals surface area contributed by atoms with Gasteiger partial charge in [-0.25, -0.2) is 4.39 Å². The SMILES string of the molecule is Cc1ccc(F)cc1CC(O)c1cccc2nccnc12. The second kappa shape index (κ2) is 5.58. The van der Waals surface area contributed by atoms with Crippen molar-refractivity contribution >= 4 is 11.0 Å². The molecule has 0 bridgehead atoms. The van der Waals surface area contributed by atoms with Gasteiger partial charge in [-0.05, 0) is 36.2 Å². The zero-order chi connectivity index (χ0) is 14.8. The van der Waals surface area contributed by atoms with Crippen LogP contribution in [0.5, 0.6) is 0 Å². The van der Waals surface area contributed by atoms with E-state index in [4.69, 9.17) is 0 Å². The van der Waals surface area contributed by atoms with Crippen LogP contribution >= 0.6 is 0 Å². The van der Waals surface area contributed by atoms with Crippen molar-refractivity contribution in [3.8, 4) is 0 Å². The molecule has 2 aromatic carbocycles. The van der Waals surface area contributed by atoms with E-state index in [-0.39, 0.29) is 5.82 Å². The predicted molar refractivity (Wildman–Crippen MR) is 79.3 cm³/mol. The predicted octanol–water partition coefficient (Wildman–Crippen LogP) is 3.35. The number of rotatable bonds is 3. The van der Waals surface area contributed by atoms with Crippen LogP contribution in [0.25, 0.3) is 11.0 Å². The molecule has 3 aromatic rings. The maximum atomic E-state index is 13.3. The lowest BCUT2D eigenvalue weighted by atomic mass is 9.97. The maximum Gasteiger partial charge on any atom is 0.123 e. The Morgan fingerprint density at radius 1 is 1.14 bits per heavy atom. The van der Waals surface area contributed by atoms with E-state index in [1.165, 1.54) is 12.1 Å². The number of aryl methyl sites for hydroxylation is 1. The Bertz CT molecular complexity index is 783. The molecule has 0 aliphatic heterocycles. The number of aromatic nitrogens is 2. The topological polar surface area (TPSA) is 46.0 Å². The first kappa shape index (κ1) is 13.6. The lowest BCUT2D eigenvalue weighted by Gasteiger charge is -2.14. The molecule has 3 rings (SSSR count). The highest BCUT2D eigenvalue weighted by atomic mass is 19.1. The minimum atomic E-state index is -0.745. The van der Waals surface area contributed by atoms with Crippen LogP contribution in [0.15, 0.2) is 48.8 Å². The van der Waals surface area contributed by atoms with Crippen LogP contribution < -0.4 is 0 Å². The zero-order valence-electron chi connectivity index (χ0n) is 11.6. The van der Waals surface area contributed by atoms with Crippen molar-refractivity contribution in [2.75, 3.05) is 0 Å². The molecule has 1 unspecified atom stereocenters. The molecule has 0 radical (unpaired) electrons. The Morgan fingerprint density at radius 3 is 2.81 bits per heavy atom. The van der Waals surface area contributed by atoms with Crippen molar-refractivity contribution in [3.05, 3.63) is 71.3 Å². The summed E-state index contributed by atoms with van der Waals surface area (Å²) >= 11 is 0. The van der Waals surface area contributed by atoms with Gasteiger partial charge >= 0.3 is 0 Å². The van der Waals surface area contributed by atoms with Crippen LogP contribution in [0.2, 0.25) is 0 Å². The van der Waals surface area contributed by atoms with E-state index >= 15 is 0 Å². The molecule has 0 saturated carbocycles. The molecule has 1 aromatic heterocycles. The monoisotopic (exact) mass is 282 g/mol. The fraction of sp³-hybridized carbons (Fsp3) is 0.176. The summed E-state index contributed by atoms with van der Waals surface area (Å²) in [5, 5.41) is 10.5. The number of benzene rings is 2. The van der Waals surface area contributed by atoms with Gasteiger partial charge in [0.1, 0.15) is 5.82 Å². The highest BCUT2D eigenvalue weighted by Gasteiger charge is 2.14. The Kier molecular flexibility index (Phi) is 3.62. The third-order valence-corrected chi connectivity index (χ3v) is 3.61. The fourth-order valence-electron chi connectivity index (χ4n) is 2.46. The van der Waals surface area contributed by atoms with Crippen LogP contribution in [0.4, 0.5) is 4.39 Å². The number of aliphatic hydroxyl groups is 1. The molecule has 0 aliphatic rings. The highest BCUT2D eigenvalue weighted by Crippen LogP contribution is 2.25. The highest BCUT2D eigenvalue weighted by molar-refractivity contribution is 5.77. The normalized spacial score (nSPS) is 12.5. The van der Waals surface area contributed by atoms with E-state index < -0.39 is 6.10 Å². The van der Waals surface area contributed by atoms with Gasteiger partial charge in [0.15, 0.2) is 0 Å². The Morgan fingerprint density at radius 2 is 1.95 bits per heavy atom. The van der Waals surface area contributed by atoms with Crippen molar-refractivity contribution in [2.24, 2.45) is 0 Å². The van der Waals surface area contributed by atoms with Gasteiger partial charge in [-0.3, -0.25) is 9.97 Å². The molecule has 3 nitrogen and oxygen atoms in total. The first-order valence-corrected chi connectivity index (χ1v) is 6.78. The van der Waals surface area contributed by atoms with Gasteiger partial charge in [-0.1, -0.05) is 18.2 Å². The van der Waals surface area contributed by atoms with Gasteiger partial charge in [0, 0.05) is 24.4 Å². The number of nitrogens with zero attached hydrogens (tertiary/aromatic N) is 2. The third-order valence-electron chi connectivity index (χ3n) is 3.61. The molecule has 0 saturated heterocycles. The van der Waals surface area contributed by atoms with E-state index in [0.29, 0.717) is 17.5 Å². The molecule has 0 amide bonds. The Hall–Kier alpha value is -2.33. The molecule has 1 N–H and O–H groups in total. The van der Waals surface area contributed by atoms with Gasteiger partial charge in [-0.15, -0.1) is 0 Å². The summed E-state index contributed by atoms with van der Waals surface area (Å²) in [6, 6.07) is 10.1. The first-order valence-electron chi connectivity index (χ1n) is 6.78. The Labute approximate surface area is 122 Å². The lowest BCUT2D eigenvalue weighted by Crippen LogP contribution is -2.05. The van der Waals surface area contributed by atoms with Gasteiger partial charge in [0.25, 0.3) is 0 Å². The van der Waals surface area contributed by atoms with E-state index in [0.717, 1.165) is 16.6 Å². The maximum absolute atomic E-state index is 13.3. The number of aliphatic hydroxyl groups excluding tert-OH is 1. The molecule has 0 aliphatic carbocycles. The largest absolute Gasteiger partial charge is 0.388 e. The summed E-state index contributed by atoms with van der Waals surface area (Å²) in [4.78, 5) is 8.52. The van der Waals surface area contributed by atoms with Crippen LogP contribution in [0.1, 0.15) is 22.8 Å². The van der Waals surface area contributed by atoms with E-state index in [1.807, 2.05) is 25.1 Å². The molecule has 0 spiro atoms. The summed E-state index contributed by atoms with van der Waals surface area (Å²) in [6.45, 7) is 1.91. The van der Waals surface area contributed by atoms with Crippen molar-refractivity contribution < 1.29 is 9.50 Å². The van der Waals surface area contributed by atoms with Crippen LogP contribution in [0.3, 0.4) is 0 Å². The van der Waals surface area contributed by atoms with E-state index in [9.17, 15) is 9.50 Å². The third kappa shape index (κ3) is 2.76. The van der Waals surface area contributed by atoms with E-state index in [1.54, 1.807) is 18.5 Å². The first-order chi connectivity index (χ1) is 10.1. The van der Waals surface area contributed by atoms with Crippen molar-refractivity contribution in [1.82, 2.24) is 9.97 Å². The molecule has 1 atom stereocenters. The summed E-state index contributed by atoms with van der Waals surface area (Å²) in [7, 11) is 0. The number of hydrogen-bond donors (Lipinski definition) is 1. The average Bonchev–Trinajstić information content (AvgIpc) is 2.50. The van der Waals surface area contributed by atoms with Gasteiger partial charge in [0.05, 0.1) is 17.1 Å². The van der Waals surface area contributed by atoms with Crippen molar-refractivity contribution in [2.45, 2.75) is 19.4 Å². The average molecular weight is 282 g/mol. The number of para-hydroxylation sites is 1. The van der Waals surface area contributed by atoms with Gasteiger partial charge in [-0.2, -0.15) is 0 Å². The van der Waals surface area contributed by atoms with Crippen LogP contribution in [-0.2, 0) is 6.42 Å². The smallest absolute Gasteiger partial charge is 0.123 e. The molecule has 21 heavy (non-hydrogen) atoms. The molecule has 0 fully saturated rings. The zero-order valence-corrected chi connectivity index (χ0v) is 11.6. The van der Waals surface area contributed by atoms with Gasteiger partial charge < -0.3 is 5.11 Å². The minimum Gasteiger partial charge on any atom is -0.388 e. The molecule has 1 heterocycles. The summed E-state index contributed by atoms with van der Waals surface area (Å²) < 4.78 is 13.3. The molecule has 106 valence electrons. The van der Waals surface area contributed by atoms with E-state index in [2.05, 4.69) is 9.97 Å².